The van der Waals surface area contributed by atoms with Crippen LogP contribution in [-0.4, -0.2) is 45.3 Å². The highest BCUT2D eigenvalue weighted by atomic mass is 16.2. The molecular weight excluding hydrogens is 506 g/mol. The molecule has 11 heteroatoms. The first-order chi connectivity index (χ1) is 19.4. The Labute approximate surface area is 228 Å². The quantitative estimate of drug-likeness (QED) is 0.348. The smallest absolute Gasteiger partial charge is 0.267 e. The third kappa shape index (κ3) is 4.37. The van der Waals surface area contributed by atoms with Crippen molar-refractivity contribution in [1.29, 1.82) is 0 Å². The Kier molecular flexibility index (Phi) is 6.12. The largest absolute Gasteiger partial charge is 0.342 e. The number of rotatable bonds is 4. The molecule has 196 valence electrons. The standard InChI is InChI=1S/C29H23N9O2/c1-18-25(24-14-15-30-35-38(24)34-18)28(39)32-19(2)27-33-23-11-7-8-21(13-12-20-16-31-36(3)17-20)26(23)29(40)37(27)22-9-5-4-6-10-22/h4-11,14-17,19H,1-3H3,(H,32,39)/t19-/m0/s1. The fourth-order valence-corrected chi connectivity index (χ4v) is 4.64. The van der Waals surface area contributed by atoms with Crippen LogP contribution in [-0.2, 0) is 7.05 Å². The fourth-order valence-electron chi connectivity index (χ4n) is 4.64. The van der Waals surface area contributed by atoms with Crippen LogP contribution in [0.15, 0.2) is 78.0 Å². The minimum atomic E-state index is -0.640. The Hall–Kier alpha value is -5.63. The highest BCUT2D eigenvalue weighted by Crippen LogP contribution is 2.21. The average molecular weight is 530 g/mol. The maximum atomic E-state index is 14.1. The number of aromatic nitrogens is 8. The molecule has 4 aromatic heterocycles. The lowest BCUT2D eigenvalue weighted by Gasteiger charge is -2.20. The van der Waals surface area contributed by atoms with E-state index in [4.69, 9.17) is 4.98 Å². The molecule has 0 aliphatic heterocycles. The first-order valence-corrected chi connectivity index (χ1v) is 12.5. The number of nitrogens with one attached hydrogen (secondary N) is 1. The van der Waals surface area contributed by atoms with Gasteiger partial charge in [0.05, 0.1) is 51.8 Å². The van der Waals surface area contributed by atoms with Crippen molar-refractivity contribution in [2.45, 2.75) is 19.9 Å². The number of carbonyl (C=O) groups excluding carboxylic acids is 1. The van der Waals surface area contributed by atoms with Crippen LogP contribution >= 0.6 is 0 Å². The fraction of sp³-hybridized carbons (Fsp3) is 0.138. The Morgan fingerprint density at radius 1 is 1.05 bits per heavy atom. The average Bonchev–Trinajstić information content (AvgIpc) is 3.53. The lowest BCUT2D eigenvalue weighted by atomic mass is 10.1. The van der Waals surface area contributed by atoms with Gasteiger partial charge in [-0.2, -0.15) is 10.2 Å². The number of amides is 1. The van der Waals surface area contributed by atoms with E-state index in [1.54, 1.807) is 49.1 Å². The summed E-state index contributed by atoms with van der Waals surface area (Å²) in [7, 11) is 1.82. The molecule has 4 heterocycles. The molecule has 0 aliphatic carbocycles. The van der Waals surface area contributed by atoms with E-state index in [2.05, 4.69) is 37.7 Å². The van der Waals surface area contributed by atoms with Gasteiger partial charge >= 0.3 is 0 Å². The molecule has 1 amide bonds. The molecular formula is C29H23N9O2. The molecule has 0 aliphatic rings. The summed E-state index contributed by atoms with van der Waals surface area (Å²) < 4.78 is 4.51. The van der Waals surface area contributed by atoms with Crippen molar-refractivity contribution >= 4 is 22.3 Å². The molecule has 6 rings (SSSR count). The minimum absolute atomic E-state index is 0.286. The first-order valence-electron chi connectivity index (χ1n) is 12.5. The van der Waals surface area contributed by atoms with Gasteiger partial charge < -0.3 is 5.32 Å². The van der Waals surface area contributed by atoms with Gasteiger partial charge in [-0.3, -0.25) is 18.8 Å². The zero-order chi connectivity index (χ0) is 27.8. The molecule has 6 aromatic rings. The number of fused-ring (bicyclic) bond motifs is 2. The third-order valence-corrected chi connectivity index (χ3v) is 6.46. The van der Waals surface area contributed by atoms with Crippen molar-refractivity contribution < 1.29 is 4.79 Å². The molecule has 0 fully saturated rings. The number of aryl methyl sites for hydroxylation is 2. The summed E-state index contributed by atoms with van der Waals surface area (Å²) in [5.74, 6) is 6.20. The molecule has 2 aromatic carbocycles. The van der Waals surface area contributed by atoms with Crippen LogP contribution in [0.3, 0.4) is 0 Å². The number of para-hydroxylation sites is 1. The normalized spacial score (nSPS) is 11.8. The van der Waals surface area contributed by atoms with Crippen LogP contribution in [0.4, 0.5) is 0 Å². The van der Waals surface area contributed by atoms with E-state index in [-0.39, 0.29) is 11.5 Å². The van der Waals surface area contributed by atoms with Crippen LogP contribution in [0, 0.1) is 18.8 Å². The van der Waals surface area contributed by atoms with Crippen LogP contribution in [0.2, 0.25) is 0 Å². The number of carbonyl (C=O) groups is 1. The number of hydrogen-bond acceptors (Lipinski definition) is 7. The Bertz CT molecular complexity index is 2030. The van der Waals surface area contributed by atoms with Gasteiger partial charge in [-0.25, -0.2) is 4.98 Å². The van der Waals surface area contributed by atoms with Gasteiger partial charge in [-0.1, -0.05) is 36.1 Å². The summed E-state index contributed by atoms with van der Waals surface area (Å²) in [5, 5.41) is 19.6. The van der Waals surface area contributed by atoms with Gasteiger partial charge in [0, 0.05) is 18.8 Å². The van der Waals surface area contributed by atoms with Gasteiger partial charge in [0.15, 0.2) is 0 Å². The highest BCUT2D eigenvalue weighted by molar-refractivity contribution is 6.02. The molecule has 0 unspecified atom stereocenters. The first kappa shape index (κ1) is 24.7. The van der Waals surface area contributed by atoms with Crippen LogP contribution in [0.5, 0.6) is 0 Å². The predicted octanol–water partition coefficient (Wildman–Crippen LogP) is 2.76. The van der Waals surface area contributed by atoms with E-state index >= 15 is 0 Å². The van der Waals surface area contributed by atoms with E-state index < -0.39 is 6.04 Å². The molecule has 11 nitrogen and oxygen atoms in total. The summed E-state index contributed by atoms with van der Waals surface area (Å²) in [5.41, 5.74) is 3.52. The molecule has 1 atom stereocenters. The molecule has 0 spiro atoms. The lowest BCUT2D eigenvalue weighted by molar-refractivity contribution is 0.0939. The van der Waals surface area contributed by atoms with Gasteiger partial charge in [0.2, 0.25) is 0 Å². The maximum Gasteiger partial charge on any atom is 0.267 e. The van der Waals surface area contributed by atoms with Crippen molar-refractivity contribution in [3.05, 3.63) is 112 Å². The maximum absolute atomic E-state index is 14.1. The zero-order valence-corrected chi connectivity index (χ0v) is 21.9. The summed E-state index contributed by atoms with van der Waals surface area (Å²) in [4.78, 5) is 32.4. The molecule has 1 N–H and O–H groups in total. The summed E-state index contributed by atoms with van der Waals surface area (Å²) in [6.45, 7) is 3.52. The van der Waals surface area contributed by atoms with Gasteiger partial charge in [-0.15, -0.1) is 9.73 Å². The van der Waals surface area contributed by atoms with Crippen molar-refractivity contribution in [3.63, 3.8) is 0 Å². The van der Waals surface area contributed by atoms with Crippen molar-refractivity contribution in [2.75, 3.05) is 0 Å². The topological polar surface area (TPSA) is 125 Å². The second kappa shape index (κ2) is 9.92. The van der Waals surface area contributed by atoms with Crippen molar-refractivity contribution in [3.8, 4) is 17.5 Å². The molecule has 0 saturated carbocycles. The SMILES string of the molecule is Cc1nn2nnccc2c1C(=O)N[C@@H](C)c1nc2cccc(C#Cc3cnn(C)c3)c2c(=O)n1-c1ccccc1. The predicted molar refractivity (Wildman–Crippen MR) is 148 cm³/mol. The van der Waals surface area contributed by atoms with Crippen LogP contribution < -0.4 is 10.9 Å². The monoisotopic (exact) mass is 529 g/mol. The van der Waals surface area contributed by atoms with E-state index in [0.29, 0.717) is 44.8 Å². The Morgan fingerprint density at radius 3 is 2.65 bits per heavy atom. The van der Waals surface area contributed by atoms with Crippen molar-refractivity contribution in [2.24, 2.45) is 7.05 Å². The molecule has 0 saturated heterocycles. The summed E-state index contributed by atoms with van der Waals surface area (Å²) >= 11 is 0. The summed E-state index contributed by atoms with van der Waals surface area (Å²) in [6, 6.07) is 15.6. The molecule has 40 heavy (non-hydrogen) atoms. The summed E-state index contributed by atoms with van der Waals surface area (Å²) in [6.07, 6.45) is 4.97. The lowest BCUT2D eigenvalue weighted by Crippen LogP contribution is -2.33. The van der Waals surface area contributed by atoms with E-state index in [0.717, 1.165) is 5.56 Å². The van der Waals surface area contributed by atoms with Crippen LogP contribution in [0.25, 0.3) is 22.1 Å². The van der Waals surface area contributed by atoms with Crippen molar-refractivity contribution in [1.82, 2.24) is 44.7 Å². The number of hydrogen-bond donors (Lipinski definition) is 1. The van der Waals surface area contributed by atoms with E-state index in [9.17, 15) is 9.59 Å². The highest BCUT2D eigenvalue weighted by Gasteiger charge is 2.24. The second-order valence-corrected chi connectivity index (χ2v) is 9.25. The van der Waals surface area contributed by atoms with Gasteiger partial charge in [0.25, 0.3) is 11.5 Å². The van der Waals surface area contributed by atoms with E-state index in [1.807, 2.05) is 43.4 Å². The molecule has 0 bridgehead atoms. The Balaban J connectivity index is 1.48. The zero-order valence-electron chi connectivity index (χ0n) is 21.9. The number of nitrogens with zero attached hydrogens (tertiary/aromatic N) is 8. The molecule has 0 radical (unpaired) electrons. The minimum Gasteiger partial charge on any atom is -0.342 e. The third-order valence-electron chi connectivity index (χ3n) is 6.46. The van der Waals surface area contributed by atoms with Crippen LogP contribution in [0.1, 0.15) is 46.0 Å². The number of benzene rings is 2. The second-order valence-electron chi connectivity index (χ2n) is 9.25. The van der Waals surface area contributed by atoms with Gasteiger partial charge in [-0.05, 0) is 49.4 Å². The van der Waals surface area contributed by atoms with Gasteiger partial charge in [0.1, 0.15) is 11.3 Å². The Morgan fingerprint density at radius 2 is 1.88 bits per heavy atom. The van der Waals surface area contributed by atoms with E-state index in [1.165, 1.54) is 15.4 Å².